The van der Waals surface area contributed by atoms with E-state index in [1.54, 1.807) is 0 Å². The Bertz CT molecular complexity index is 754. The molecule has 2 unspecified atom stereocenters. The first kappa shape index (κ1) is 23.3. The lowest BCUT2D eigenvalue weighted by Crippen LogP contribution is -2.45. The summed E-state index contributed by atoms with van der Waals surface area (Å²) >= 11 is 0. The number of carbonyl (C=O) groups excluding carboxylic acids is 2. The van der Waals surface area contributed by atoms with E-state index in [1.807, 2.05) is 31.2 Å². The molecule has 2 aliphatic rings. The van der Waals surface area contributed by atoms with Gasteiger partial charge in [0.05, 0.1) is 12.6 Å². The number of nitrogens with zero attached hydrogens (tertiary/aromatic N) is 1. The fraction of sp³-hybridized carbons (Fsp3) is 0.640. The van der Waals surface area contributed by atoms with Gasteiger partial charge in [-0.25, -0.2) is 9.79 Å². The number of amides is 2. The molecule has 1 aliphatic carbocycles. The SMILES string of the molecule is CCCCCNc1ccc(C2NC(=O)N=C(CC)C2C(=O)OCC2CCCCC2)cc1. The number of hydrogen-bond donors (Lipinski definition) is 2. The van der Waals surface area contributed by atoms with Crippen molar-refractivity contribution in [2.24, 2.45) is 16.8 Å². The third kappa shape index (κ3) is 6.55. The molecule has 0 spiro atoms. The molecule has 1 aromatic carbocycles. The number of rotatable bonds is 10. The Kier molecular flexibility index (Phi) is 8.92. The van der Waals surface area contributed by atoms with Crippen LogP contribution in [0, 0.1) is 11.8 Å². The normalized spacial score (nSPS) is 21.9. The van der Waals surface area contributed by atoms with Gasteiger partial charge in [0.2, 0.25) is 0 Å². The lowest BCUT2D eigenvalue weighted by molar-refractivity contribution is -0.148. The van der Waals surface area contributed by atoms with Crippen LogP contribution in [0.25, 0.3) is 0 Å². The molecule has 0 saturated heterocycles. The maximum atomic E-state index is 13.1. The van der Waals surface area contributed by atoms with E-state index >= 15 is 0 Å². The lowest BCUT2D eigenvalue weighted by Gasteiger charge is -2.31. The quantitative estimate of drug-likeness (QED) is 0.374. The van der Waals surface area contributed by atoms with Crippen molar-refractivity contribution in [1.29, 1.82) is 0 Å². The number of nitrogens with one attached hydrogen (secondary N) is 2. The highest BCUT2D eigenvalue weighted by atomic mass is 16.5. The van der Waals surface area contributed by atoms with Crippen molar-refractivity contribution in [3.05, 3.63) is 29.8 Å². The number of urea groups is 1. The summed E-state index contributed by atoms with van der Waals surface area (Å²) in [5, 5.41) is 6.32. The molecule has 0 bridgehead atoms. The molecular weight excluding hydrogens is 390 g/mol. The molecule has 6 nitrogen and oxygen atoms in total. The number of aliphatic imine (C=N–C) groups is 1. The molecule has 1 heterocycles. The van der Waals surface area contributed by atoms with E-state index in [0.717, 1.165) is 37.1 Å². The summed E-state index contributed by atoms with van der Waals surface area (Å²) in [5.74, 6) is -0.401. The molecule has 2 amide bonds. The van der Waals surface area contributed by atoms with Gasteiger partial charge in [-0.3, -0.25) is 4.79 Å². The van der Waals surface area contributed by atoms with Crippen LogP contribution in [0.15, 0.2) is 29.3 Å². The van der Waals surface area contributed by atoms with Gasteiger partial charge in [0.25, 0.3) is 0 Å². The number of hydrogen-bond acceptors (Lipinski definition) is 4. The zero-order valence-electron chi connectivity index (χ0n) is 19.0. The molecule has 1 fully saturated rings. The molecule has 3 rings (SSSR count). The van der Waals surface area contributed by atoms with E-state index in [0.29, 0.717) is 24.7 Å². The Hall–Kier alpha value is -2.37. The highest BCUT2D eigenvalue weighted by Crippen LogP contribution is 2.31. The summed E-state index contributed by atoms with van der Waals surface area (Å²) < 4.78 is 5.76. The van der Waals surface area contributed by atoms with Gasteiger partial charge in [0.1, 0.15) is 5.92 Å². The van der Waals surface area contributed by atoms with Crippen LogP contribution in [0.4, 0.5) is 10.5 Å². The standard InChI is InChI=1S/C25H37N3O3/c1-3-5-9-16-26-20-14-12-19(13-15-20)23-22(21(4-2)27-25(30)28-23)24(29)31-17-18-10-7-6-8-11-18/h12-15,18,22-23,26H,3-11,16-17H2,1-2H3,(H,28,30). The topological polar surface area (TPSA) is 79.8 Å². The fourth-order valence-corrected chi connectivity index (χ4v) is 4.55. The smallest absolute Gasteiger partial charge is 0.341 e. The number of anilines is 1. The molecule has 1 saturated carbocycles. The second-order valence-electron chi connectivity index (χ2n) is 8.75. The molecule has 1 aliphatic heterocycles. The van der Waals surface area contributed by atoms with E-state index in [2.05, 4.69) is 22.5 Å². The third-order valence-corrected chi connectivity index (χ3v) is 6.40. The van der Waals surface area contributed by atoms with Gasteiger partial charge < -0.3 is 15.4 Å². The van der Waals surface area contributed by atoms with Crippen molar-refractivity contribution in [3.8, 4) is 0 Å². The maximum absolute atomic E-state index is 13.1. The second kappa shape index (κ2) is 11.9. The summed E-state index contributed by atoms with van der Waals surface area (Å²) in [4.78, 5) is 29.4. The van der Waals surface area contributed by atoms with E-state index in [4.69, 9.17) is 4.74 Å². The molecule has 31 heavy (non-hydrogen) atoms. The van der Waals surface area contributed by atoms with Crippen LogP contribution in [-0.4, -0.2) is 30.9 Å². The first-order chi connectivity index (χ1) is 15.1. The first-order valence-corrected chi connectivity index (χ1v) is 12.0. The monoisotopic (exact) mass is 427 g/mol. The minimum atomic E-state index is -0.574. The van der Waals surface area contributed by atoms with E-state index < -0.39 is 12.0 Å². The zero-order valence-corrected chi connectivity index (χ0v) is 19.0. The minimum Gasteiger partial charge on any atom is -0.465 e. The van der Waals surface area contributed by atoms with Gasteiger partial charge in [-0.05, 0) is 49.3 Å². The van der Waals surface area contributed by atoms with Crippen molar-refractivity contribution < 1.29 is 14.3 Å². The molecule has 2 N–H and O–H groups in total. The van der Waals surface area contributed by atoms with Crippen molar-refractivity contribution in [2.45, 2.75) is 77.7 Å². The number of benzene rings is 1. The minimum absolute atomic E-state index is 0.280. The van der Waals surface area contributed by atoms with Crippen LogP contribution in [-0.2, 0) is 9.53 Å². The lowest BCUT2D eigenvalue weighted by atomic mass is 9.86. The van der Waals surface area contributed by atoms with Crippen LogP contribution in [0.5, 0.6) is 0 Å². The molecule has 1 aromatic rings. The van der Waals surface area contributed by atoms with Crippen molar-refractivity contribution in [2.75, 3.05) is 18.5 Å². The summed E-state index contributed by atoms with van der Waals surface area (Å²) in [5.41, 5.74) is 2.54. The summed E-state index contributed by atoms with van der Waals surface area (Å²) in [6.07, 6.45) is 10.0. The number of carbonyl (C=O) groups is 2. The third-order valence-electron chi connectivity index (χ3n) is 6.40. The van der Waals surface area contributed by atoms with Gasteiger partial charge in [-0.1, -0.05) is 58.1 Å². The van der Waals surface area contributed by atoms with Gasteiger partial charge in [-0.2, -0.15) is 0 Å². The summed E-state index contributed by atoms with van der Waals surface area (Å²) in [6.45, 7) is 5.53. The summed E-state index contributed by atoms with van der Waals surface area (Å²) in [7, 11) is 0. The first-order valence-electron chi connectivity index (χ1n) is 12.0. The van der Waals surface area contributed by atoms with Crippen LogP contribution in [0.3, 0.4) is 0 Å². The predicted octanol–water partition coefficient (Wildman–Crippen LogP) is 5.64. The van der Waals surface area contributed by atoms with Crippen molar-refractivity contribution in [1.82, 2.24) is 5.32 Å². The maximum Gasteiger partial charge on any atom is 0.341 e. The Morgan fingerprint density at radius 2 is 1.87 bits per heavy atom. The predicted molar refractivity (Wildman–Crippen MR) is 124 cm³/mol. The van der Waals surface area contributed by atoms with Crippen LogP contribution in [0.1, 0.15) is 83.2 Å². The average Bonchev–Trinajstić information content (AvgIpc) is 2.80. The number of esters is 1. The molecule has 170 valence electrons. The fourth-order valence-electron chi connectivity index (χ4n) is 4.55. The van der Waals surface area contributed by atoms with E-state index in [-0.39, 0.29) is 12.0 Å². The Morgan fingerprint density at radius 1 is 1.13 bits per heavy atom. The van der Waals surface area contributed by atoms with Crippen LogP contribution < -0.4 is 10.6 Å². The van der Waals surface area contributed by atoms with E-state index in [9.17, 15) is 9.59 Å². The molecule has 0 radical (unpaired) electrons. The van der Waals surface area contributed by atoms with Gasteiger partial charge in [0.15, 0.2) is 0 Å². The van der Waals surface area contributed by atoms with Crippen molar-refractivity contribution in [3.63, 3.8) is 0 Å². The Balaban J connectivity index is 1.69. The Morgan fingerprint density at radius 3 is 2.55 bits per heavy atom. The van der Waals surface area contributed by atoms with E-state index in [1.165, 1.54) is 32.1 Å². The molecular formula is C25H37N3O3. The summed E-state index contributed by atoms with van der Waals surface area (Å²) in [6, 6.07) is 7.14. The molecule has 2 atom stereocenters. The van der Waals surface area contributed by atoms with Gasteiger partial charge >= 0.3 is 12.0 Å². The highest BCUT2D eigenvalue weighted by Gasteiger charge is 2.39. The average molecular weight is 428 g/mol. The molecule has 0 aromatic heterocycles. The Labute approximate surface area is 186 Å². The zero-order chi connectivity index (χ0) is 22.1. The van der Waals surface area contributed by atoms with Crippen LogP contribution in [0.2, 0.25) is 0 Å². The second-order valence-corrected chi connectivity index (χ2v) is 8.75. The van der Waals surface area contributed by atoms with Crippen LogP contribution >= 0.6 is 0 Å². The number of ether oxygens (including phenoxy) is 1. The van der Waals surface area contributed by atoms with Gasteiger partial charge in [0, 0.05) is 17.9 Å². The highest BCUT2D eigenvalue weighted by molar-refractivity contribution is 6.09. The van der Waals surface area contributed by atoms with Gasteiger partial charge in [-0.15, -0.1) is 0 Å². The van der Waals surface area contributed by atoms with Crippen molar-refractivity contribution >= 4 is 23.4 Å². The molecule has 6 heteroatoms. The largest absolute Gasteiger partial charge is 0.465 e. The number of unbranched alkanes of at least 4 members (excludes halogenated alkanes) is 2.